The number of amides is 1. The van der Waals surface area contributed by atoms with Crippen molar-refractivity contribution >= 4 is 17.2 Å². The van der Waals surface area contributed by atoms with Crippen molar-refractivity contribution < 1.29 is 9.53 Å². The molecule has 1 spiro atoms. The van der Waals surface area contributed by atoms with Gasteiger partial charge in [-0.25, -0.2) is 4.98 Å². The molecule has 1 atom stereocenters. The maximum atomic E-state index is 12.9. The van der Waals surface area contributed by atoms with Crippen LogP contribution in [0.4, 0.5) is 0 Å². The first-order valence-corrected chi connectivity index (χ1v) is 8.97. The van der Waals surface area contributed by atoms with Crippen LogP contribution < -0.4 is 0 Å². The molecule has 122 valence electrons. The first-order valence-electron chi connectivity index (χ1n) is 8.16. The number of thiazole rings is 1. The molecule has 3 heterocycles. The molecule has 2 saturated heterocycles. The summed E-state index contributed by atoms with van der Waals surface area (Å²) < 4.78 is 5.67. The highest BCUT2D eigenvalue weighted by Crippen LogP contribution is 2.39. The highest BCUT2D eigenvalue weighted by atomic mass is 32.1. The SMILES string of the molecule is Cc1nc(C(C)(C)C)sc1C(=O)N1CCC2(CCCOC2)C1. The predicted octanol–water partition coefficient (Wildman–Crippen LogP) is 3.39. The van der Waals surface area contributed by atoms with Crippen LogP contribution in [0.2, 0.25) is 0 Å². The monoisotopic (exact) mass is 322 g/mol. The fraction of sp³-hybridized carbons (Fsp3) is 0.765. The molecule has 0 aliphatic carbocycles. The minimum atomic E-state index is -0.00258. The van der Waals surface area contributed by atoms with Crippen molar-refractivity contribution in [1.82, 2.24) is 9.88 Å². The zero-order valence-corrected chi connectivity index (χ0v) is 14.9. The Morgan fingerprint density at radius 2 is 2.14 bits per heavy atom. The summed E-state index contributed by atoms with van der Waals surface area (Å²) in [7, 11) is 0. The highest BCUT2D eigenvalue weighted by molar-refractivity contribution is 7.14. The largest absolute Gasteiger partial charge is 0.381 e. The second kappa shape index (κ2) is 5.60. The van der Waals surface area contributed by atoms with Crippen LogP contribution in [0.25, 0.3) is 0 Å². The molecule has 0 radical (unpaired) electrons. The summed E-state index contributed by atoms with van der Waals surface area (Å²) in [5.74, 6) is 0.160. The maximum absolute atomic E-state index is 12.9. The molecule has 3 rings (SSSR count). The number of aryl methyl sites for hydroxylation is 1. The van der Waals surface area contributed by atoms with E-state index in [4.69, 9.17) is 4.74 Å². The molecule has 1 unspecified atom stereocenters. The topological polar surface area (TPSA) is 42.4 Å². The molecule has 4 nitrogen and oxygen atoms in total. The standard InChI is InChI=1S/C17H26N2O2S/c1-12-13(22-15(18-12)16(2,3)4)14(20)19-8-7-17(10-19)6-5-9-21-11-17/h5-11H2,1-4H3. The maximum Gasteiger partial charge on any atom is 0.265 e. The number of carbonyl (C=O) groups excluding carboxylic acids is 1. The Morgan fingerprint density at radius 3 is 2.73 bits per heavy atom. The van der Waals surface area contributed by atoms with Crippen LogP contribution in [0.15, 0.2) is 0 Å². The van der Waals surface area contributed by atoms with Crippen LogP contribution >= 0.6 is 11.3 Å². The number of hydrogen-bond donors (Lipinski definition) is 0. The van der Waals surface area contributed by atoms with Crippen LogP contribution in [0, 0.1) is 12.3 Å². The highest BCUT2D eigenvalue weighted by Gasteiger charge is 2.42. The van der Waals surface area contributed by atoms with E-state index < -0.39 is 0 Å². The zero-order chi connectivity index (χ0) is 16.0. The molecular weight excluding hydrogens is 296 g/mol. The molecule has 0 saturated carbocycles. The Balaban J connectivity index is 1.76. The van der Waals surface area contributed by atoms with Gasteiger partial charge in [0.05, 0.1) is 17.3 Å². The molecule has 2 aliphatic heterocycles. The van der Waals surface area contributed by atoms with Gasteiger partial charge in [-0.2, -0.15) is 0 Å². The fourth-order valence-corrected chi connectivity index (χ4v) is 4.49. The third kappa shape index (κ3) is 2.93. The Bertz CT molecular complexity index is 568. The van der Waals surface area contributed by atoms with Crippen molar-refractivity contribution in [3.05, 3.63) is 15.6 Å². The molecule has 0 bridgehead atoms. The van der Waals surface area contributed by atoms with Crippen LogP contribution in [-0.4, -0.2) is 42.1 Å². The summed E-state index contributed by atoms with van der Waals surface area (Å²) >= 11 is 1.56. The van der Waals surface area contributed by atoms with Crippen molar-refractivity contribution in [1.29, 1.82) is 0 Å². The van der Waals surface area contributed by atoms with Crippen molar-refractivity contribution in [2.75, 3.05) is 26.3 Å². The third-order valence-corrected chi connectivity index (χ3v) is 6.33. The van der Waals surface area contributed by atoms with Gasteiger partial charge in [0.1, 0.15) is 4.88 Å². The van der Waals surface area contributed by atoms with Gasteiger partial charge in [-0.1, -0.05) is 20.8 Å². The lowest BCUT2D eigenvalue weighted by atomic mass is 9.82. The van der Waals surface area contributed by atoms with Crippen LogP contribution in [0.1, 0.15) is 60.4 Å². The van der Waals surface area contributed by atoms with Crippen LogP contribution in [0.5, 0.6) is 0 Å². The van der Waals surface area contributed by atoms with E-state index in [-0.39, 0.29) is 16.7 Å². The molecule has 2 fully saturated rings. The van der Waals surface area contributed by atoms with E-state index in [1.165, 1.54) is 6.42 Å². The van der Waals surface area contributed by atoms with Gasteiger partial charge in [0.25, 0.3) is 5.91 Å². The van der Waals surface area contributed by atoms with Gasteiger partial charge in [-0.15, -0.1) is 11.3 Å². The Morgan fingerprint density at radius 1 is 1.36 bits per heavy atom. The molecule has 5 heteroatoms. The average molecular weight is 322 g/mol. The molecule has 0 N–H and O–H groups in total. The minimum absolute atomic E-state index is 0.00258. The summed E-state index contributed by atoms with van der Waals surface area (Å²) in [6.45, 7) is 11.8. The Kier molecular flexibility index (Phi) is 4.06. The van der Waals surface area contributed by atoms with Gasteiger partial charge >= 0.3 is 0 Å². The van der Waals surface area contributed by atoms with E-state index in [0.717, 1.165) is 54.7 Å². The van der Waals surface area contributed by atoms with E-state index in [1.807, 2.05) is 11.8 Å². The van der Waals surface area contributed by atoms with Gasteiger partial charge in [0.15, 0.2) is 0 Å². The Labute approximate surface area is 136 Å². The number of likely N-dealkylation sites (tertiary alicyclic amines) is 1. The zero-order valence-electron chi connectivity index (χ0n) is 14.1. The van der Waals surface area contributed by atoms with Crippen LogP contribution in [0.3, 0.4) is 0 Å². The summed E-state index contributed by atoms with van der Waals surface area (Å²) in [6, 6.07) is 0. The van der Waals surface area contributed by atoms with E-state index >= 15 is 0 Å². The second-order valence-corrected chi connectivity index (χ2v) is 8.82. The van der Waals surface area contributed by atoms with Crippen molar-refractivity contribution in [3.63, 3.8) is 0 Å². The number of ether oxygens (including phenoxy) is 1. The summed E-state index contributed by atoms with van der Waals surface area (Å²) in [5, 5.41) is 1.04. The summed E-state index contributed by atoms with van der Waals surface area (Å²) in [5.41, 5.74) is 1.08. The van der Waals surface area contributed by atoms with Gasteiger partial charge in [-0.3, -0.25) is 4.79 Å². The number of carbonyl (C=O) groups is 1. The van der Waals surface area contributed by atoms with Crippen molar-refractivity contribution in [3.8, 4) is 0 Å². The quantitative estimate of drug-likeness (QED) is 0.796. The lowest BCUT2D eigenvalue weighted by Gasteiger charge is -2.32. The molecule has 1 amide bonds. The van der Waals surface area contributed by atoms with Crippen molar-refractivity contribution in [2.45, 2.75) is 52.4 Å². The smallest absolute Gasteiger partial charge is 0.265 e. The van der Waals surface area contributed by atoms with E-state index in [2.05, 4.69) is 25.8 Å². The van der Waals surface area contributed by atoms with Gasteiger partial charge < -0.3 is 9.64 Å². The van der Waals surface area contributed by atoms with E-state index in [0.29, 0.717) is 0 Å². The number of hydrogen-bond acceptors (Lipinski definition) is 4. The molecule has 0 aromatic carbocycles. The fourth-order valence-electron chi connectivity index (χ4n) is 3.40. The summed E-state index contributed by atoms with van der Waals surface area (Å²) in [6.07, 6.45) is 3.38. The number of nitrogens with zero attached hydrogens (tertiary/aromatic N) is 2. The molecule has 1 aromatic heterocycles. The number of aromatic nitrogens is 1. The van der Waals surface area contributed by atoms with E-state index in [1.54, 1.807) is 11.3 Å². The molecule has 1 aromatic rings. The van der Waals surface area contributed by atoms with Gasteiger partial charge in [0.2, 0.25) is 0 Å². The first-order chi connectivity index (χ1) is 10.3. The third-order valence-electron chi connectivity index (χ3n) is 4.76. The number of rotatable bonds is 1. The molecule has 22 heavy (non-hydrogen) atoms. The average Bonchev–Trinajstić information content (AvgIpc) is 3.03. The molecular formula is C17H26N2O2S. The van der Waals surface area contributed by atoms with Crippen molar-refractivity contribution in [2.24, 2.45) is 5.41 Å². The first kappa shape index (κ1) is 15.9. The van der Waals surface area contributed by atoms with Gasteiger partial charge in [0, 0.05) is 30.5 Å². The lowest BCUT2D eigenvalue weighted by molar-refractivity contribution is -0.00157. The summed E-state index contributed by atoms with van der Waals surface area (Å²) in [4.78, 5) is 20.3. The second-order valence-electron chi connectivity index (χ2n) is 7.82. The normalized spacial score (nSPS) is 25.9. The Hall–Kier alpha value is -0.940. The van der Waals surface area contributed by atoms with Gasteiger partial charge in [-0.05, 0) is 26.2 Å². The minimum Gasteiger partial charge on any atom is -0.381 e. The predicted molar refractivity (Wildman–Crippen MR) is 88.6 cm³/mol. The molecule has 2 aliphatic rings. The van der Waals surface area contributed by atoms with E-state index in [9.17, 15) is 4.79 Å². The lowest BCUT2D eigenvalue weighted by Crippen LogP contribution is -2.37. The van der Waals surface area contributed by atoms with Crippen LogP contribution in [-0.2, 0) is 10.2 Å².